The monoisotopic (exact) mass is 346 g/mol. The molecule has 0 N–H and O–H groups in total. The number of halogens is 1. The van der Waals surface area contributed by atoms with Gasteiger partial charge in [-0.15, -0.1) is 0 Å². The highest BCUT2D eigenvalue weighted by atomic mass is 35.5. The Labute approximate surface area is 141 Å². The fourth-order valence-corrected chi connectivity index (χ4v) is 2.19. The van der Waals surface area contributed by atoms with Crippen molar-refractivity contribution in [3.05, 3.63) is 84.4 Å². The van der Waals surface area contributed by atoms with Gasteiger partial charge < -0.3 is 0 Å². The summed E-state index contributed by atoms with van der Waals surface area (Å²) in [6.07, 6.45) is 2.58. The van der Waals surface area contributed by atoms with Crippen LogP contribution in [-0.2, 0) is 0 Å². The van der Waals surface area contributed by atoms with E-state index in [9.17, 15) is 25.0 Å². The van der Waals surface area contributed by atoms with Crippen LogP contribution >= 0.6 is 11.6 Å². The van der Waals surface area contributed by atoms with E-state index < -0.39 is 15.6 Å². The quantitative estimate of drug-likeness (QED) is 0.346. The number of nitrogens with zero attached hydrogens (tertiary/aromatic N) is 2. The summed E-state index contributed by atoms with van der Waals surface area (Å²) in [5.74, 6) is -0.448. The van der Waals surface area contributed by atoms with Gasteiger partial charge in [0.2, 0.25) is 0 Å². The molecule has 0 amide bonds. The lowest BCUT2D eigenvalue weighted by Gasteiger charge is -2.00. The number of ketones is 1. The molecule has 24 heavy (non-hydrogen) atoms. The van der Waals surface area contributed by atoms with Crippen molar-refractivity contribution in [3.63, 3.8) is 0 Å². The molecule has 2 aromatic carbocycles. The molecule has 0 aliphatic rings. The van der Waals surface area contributed by atoms with Gasteiger partial charge in [0.05, 0.1) is 9.85 Å². The van der Waals surface area contributed by atoms with Gasteiger partial charge in [0, 0.05) is 23.3 Å². The highest BCUT2D eigenvalue weighted by Crippen LogP contribution is 2.26. The van der Waals surface area contributed by atoms with Gasteiger partial charge in [-0.25, -0.2) is 0 Å². The molecular weight excluding hydrogens is 336 g/mol. The fraction of sp³-hybridized carbons (Fsp3) is 0.0625. The van der Waals surface area contributed by atoms with Crippen LogP contribution in [0.5, 0.6) is 0 Å². The van der Waals surface area contributed by atoms with Crippen LogP contribution < -0.4 is 0 Å². The summed E-state index contributed by atoms with van der Waals surface area (Å²) < 4.78 is 0. The molecule has 0 bridgehead atoms. The molecule has 0 aliphatic carbocycles. The molecule has 0 saturated carbocycles. The molecule has 122 valence electrons. The zero-order valence-electron chi connectivity index (χ0n) is 12.4. The summed E-state index contributed by atoms with van der Waals surface area (Å²) in [4.78, 5) is 32.7. The molecule has 8 heteroatoms. The van der Waals surface area contributed by atoms with E-state index in [0.29, 0.717) is 11.1 Å². The van der Waals surface area contributed by atoms with Crippen LogP contribution in [0.4, 0.5) is 11.4 Å². The van der Waals surface area contributed by atoms with Crippen LogP contribution in [0.15, 0.2) is 42.5 Å². The topological polar surface area (TPSA) is 103 Å². The third-order valence-corrected chi connectivity index (χ3v) is 3.60. The Balaban J connectivity index is 2.28. The first kappa shape index (κ1) is 17.3. The summed E-state index contributed by atoms with van der Waals surface area (Å²) >= 11 is 5.72. The largest absolute Gasteiger partial charge is 0.289 e. The predicted octanol–water partition coefficient (Wildman–Crippen LogP) is 4.36. The summed E-state index contributed by atoms with van der Waals surface area (Å²) in [7, 11) is 0. The van der Waals surface area contributed by atoms with Crippen molar-refractivity contribution in [1.29, 1.82) is 0 Å². The Morgan fingerprint density at radius 3 is 2.33 bits per heavy atom. The number of aryl methyl sites for hydroxylation is 1. The zero-order valence-corrected chi connectivity index (χ0v) is 13.2. The van der Waals surface area contributed by atoms with E-state index in [2.05, 4.69) is 0 Å². The van der Waals surface area contributed by atoms with Crippen LogP contribution in [0.3, 0.4) is 0 Å². The van der Waals surface area contributed by atoms with Gasteiger partial charge in [0.1, 0.15) is 5.02 Å². The Morgan fingerprint density at radius 2 is 1.71 bits per heavy atom. The maximum Gasteiger partial charge on any atom is 0.288 e. The highest BCUT2D eigenvalue weighted by Gasteiger charge is 2.14. The summed E-state index contributed by atoms with van der Waals surface area (Å²) in [6.45, 7) is 1.58. The minimum atomic E-state index is -0.620. The minimum absolute atomic E-state index is 0.00219. The molecule has 0 unspecified atom stereocenters. The van der Waals surface area contributed by atoms with Crippen molar-refractivity contribution in [2.75, 3.05) is 0 Å². The first-order chi connectivity index (χ1) is 11.3. The molecule has 0 aromatic heterocycles. The van der Waals surface area contributed by atoms with Gasteiger partial charge in [0.25, 0.3) is 11.4 Å². The van der Waals surface area contributed by atoms with Crippen molar-refractivity contribution in [2.24, 2.45) is 0 Å². The van der Waals surface area contributed by atoms with Gasteiger partial charge >= 0.3 is 0 Å². The second-order valence-electron chi connectivity index (χ2n) is 4.92. The van der Waals surface area contributed by atoms with Crippen molar-refractivity contribution in [2.45, 2.75) is 6.92 Å². The Bertz CT molecular complexity index is 877. The average Bonchev–Trinajstić information content (AvgIpc) is 2.53. The lowest BCUT2D eigenvalue weighted by Crippen LogP contribution is -1.98. The van der Waals surface area contributed by atoms with E-state index in [0.717, 1.165) is 0 Å². The van der Waals surface area contributed by atoms with Gasteiger partial charge in [0.15, 0.2) is 5.78 Å². The SMILES string of the molecule is Cc1ccc(C(=O)/C=C/c2ccc(Cl)c([N+](=O)[O-])c2)cc1[N+](=O)[O-]. The van der Waals surface area contributed by atoms with Gasteiger partial charge in [-0.2, -0.15) is 0 Å². The van der Waals surface area contributed by atoms with E-state index in [4.69, 9.17) is 11.6 Å². The molecule has 7 nitrogen and oxygen atoms in total. The smallest absolute Gasteiger partial charge is 0.288 e. The van der Waals surface area contributed by atoms with Crippen molar-refractivity contribution in [3.8, 4) is 0 Å². The molecule has 0 heterocycles. The molecule has 2 aromatic rings. The molecule has 0 radical (unpaired) electrons. The van der Waals surface area contributed by atoms with Crippen molar-refractivity contribution in [1.82, 2.24) is 0 Å². The molecular formula is C16H11ClN2O5. The van der Waals surface area contributed by atoms with E-state index in [1.165, 1.54) is 48.6 Å². The van der Waals surface area contributed by atoms with E-state index >= 15 is 0 Å². The third kappa shape index (κ3) is 3.82. The van der Waals surface area contributed by atoms with Crippen LogP contribution in [0.1, 0.15) is 21.5 Å². The average molecular weight is 347 g/mol. The first-order valence-electron chi connectivity index (χ1n) is 6.71. The number of carbonyl (C=O) groups excluding carboxylic acids is 1. The van der Waals surface area contributed by atoms with Crippen LogP contribution in [-0.4, -0.2) is 15.6 Å². The van der Waals surface area contributed by atoms with E-state index in [-0.39, 0.29) is 22.0 Å². The van der Waals surface area contributed by atoms with E-state index in [1.54, 1.807) is 6.92 Å². The maximum absolute atomic E-state index is 12.1. The number of nitro groups is 2. The third-order valence-electron chi connectivity index (χ3n) is 3.28. The standard InChI is InChI=1S/C16H11ClN2O5/c1-10-2-5-12(9-14(10)18(21)22)16(20)7-4-11-3-6-13(17)15(8-11)19(23)24/h2-9H,1H3/b7-4+. The normalized spacial score (nSPS) is 10.8. The number of hydrogen-bond acceptors (Lipinski definition) is 5. The van der Waals surface area contributed by atoms with Crippen molar-refractivity contribution >= 4 is 34.8 Å². The minimum Gasteiger partial charge on any atom is -0.289 e. The summed E-state index contributed by atoms with van der Waals surface area (Å²) in [6, 6.07) is 8.30. The summed E-state index contributed by atoms with van der Waals surface area (Å²) in [5, 5.41) is 21.7. The van der Waals surface area contributed by atoms with E-state index in [1.807, 2.05) is 0 Å². The number of hydrogen-bond donors (Lipinski definition) is 0. The number of rotatable bonds is 5. The zero-order chi connectivity index (χ0) is 17.9. The fourth-order valence-electron chi connectivity index (χ4n) is 2.00. The van der Waals surface area contributed by atoms with Crippen LogP contribution in [0.2, 0.25) is 5.02 Å². The maximum atomic E-state index is 12.1. The highest BCUT2D eigenvalue weighted by molar-refractivity contribution is 6.32. The van der Waals surface area contributed by atoms with Gasteiger partial charge in [-0.05, 0) is 24.6 Å². The second-order valence-corrected chi connectivity index (χ2v) is 5.33. The number of nitro benzene ring substituents is 2. The van der Waals surface area contributed by atoms with Gasteiger partial charge in [-0.3, -0.25) is 25.0 Å². The molecule has 0 spiro atoms. The number of benzene rings is 2. The molecule has 0 saturated heterocycles. The Morgan fingerprint density at radius 1 is 1.04 bits per heavy atom. The Hall–Kier alpha value is -3.06. The molecule has 0 fully saturated rings. The Kier molecular flexibility index (Phi) is 5.05. The second kappa shape index (κ2) is 7.01. The lowest BCUT2D eigenvalue weighted by atomic mass is 10.1. The number of carbonyl (C=O) groups is 1. The molecule has 2 rings (SSSR count). The lowest BCUT2D eigenvalue weighted by molar-refractivity contribution is -0.385. The number of allylic oxidation sites excluding steroid dienone is 1. The van der Waals surface area contributed by atoms with Crippen molar-refractivity contribution < 1.29 is 14.6 Å². The van der Waals surface area contributed by atoms with Crippen LogP contribution in [0, 0.1) is 27.2 Å². The predicted molar refractivity (Wildman–Crippen MR) is 89.3 cm³/mol. The summed E-state index contributed by atoms with van der Waals surface area (Å²) in [5.41, 5.74) is 0.621. The van der Waals surface area contributed by atoms with Gasteiger partial charge in [-0.1, -0.05) is 35.9 Å². The van der Waals surface area contributed by atoms with Crippen LogP contribution in [0.25, 0.3) is 6.08 Å². The molecule has 0 aliphatic heterocycles. The molecule has 0 atom stereocenters. The first-order valence-corrected chi connectivity index (χ1v) is 7.09.